The molecule has 1 aliphatic rings. The number of unbranched alkanes of at least 4 members (excludes halogenated alkanes) is 2. The Morgan fingerprint density at radius 2 is 1.94 bits per heavy atom. The van der Waals surface area contributed by atoms with Crippen molar-refractivity contribution >= 4 is 0 Å². The molecule has 1 rings (SSSR count). The largest absolute Gasteiger partial charge is 0.316 e. The van der Waals surface area contributed by atoms with Crippen LogP contribution in [0.5, 0.6) is 0 Å². The van der Waals surface area contributed by atoms with Gasteiger partial charge >= 0.3 is 0 Å². The van der Waals surface area contributed by atoms with E-state index in [-0.39, 0.29) is 0 Å². The van der Waals surface area contributed by atoms with Crippen LogP contribution in [0.4, 0.5) is 0 Å². The van der Waals surface area contributed by atoms with Gasteiger partial charge in [0.1, 0.15) is 0 Å². The maximum Gasteiger partial charge on any atom is 0.00669 e. The van der Waals surface area contributed by atoms with Crippen LogP contribution < -0.4 is 5.32 Å². The summed E-state index contributed by atoms with van der Waals surface area (Å²) in [6.45, 7) is 12.0. The van der Waals surface area contributed by atoms with Crippen LogP contribution >= 0.6 is 0 Å². The van der Waals surface area contributed by atoms with Crippen LogP contribution in [0.1, 0.15) is 65.7 Å². The van der Waals surface area contributed by atoms with Gasteiger partial charge in [-0.15, -0.1) is 0 Å². The lowest BCUT2D eigenvalue weighted by molar-refractivity contribution is 0.209. The average molecular weight is 254 g/mol. The van der Waals surface area contributed by atoms with Crippen molar-refractivity contribution < 1.29 is 0 Å². The molecule has 1 atom stereocenters. The van der Waals surface area contributed by atoms with E-state index < -0.39 is 0 Å². The van der Waals surface area contributed by atoms with Crippen molar-refractivity contribution in [2.24, 2.45) is 5.92 Å². The highest BCUT2D eigenvalue weighted by Gasteiger charge is 2.15. The molecule has 1 N–H and O–H groups in total. The molecule has 1 aliphatic heterocycles. The molecular formula is C16H34N2. The molecule has 108 valence electrons. The van der Waals surface area contributed by atoms with Crippen LogP contribution in [0.2, 0.25) is 0 Å². The van der Waals surface area contributed by atoms with E-state index in [2.05, 4.69) is 31.0 Å². The van der Waals surface area contributed by atoms with Crippen molar-refractivity contribution in [2.45, 2.75) is 71.8 Å². The van der Waals surface area contributed by atoms with Gasteiger partial charge in [0.25, 0.3) is 0 Å². The van der Waals surface area contributed by atoms with Crippen molar-refractivity contribution in [1.82, 2.24) is 10.2 Å². The third kappa shape index (κ3) is 7.38. The predicted molar refractivity (Wildman–Crippen MR) is 81.1 cm³/mol. The maximum absolute atomic E-state index is 3.53. The molecule has 0 aromatic heterocycles. The third-order valence-corrected chi connectivity index (χ3v) is 4.04. The lowest BCUT2D eigenvalue weighted by atomic mass is 10.1. The second-order valence-corrected chi connectivity index (χ2v) is 6.39. The Hall–Kier alpha value is -0.0800. The quantitative estimate of drug-likeness (QED) is 0.665. The molecular weight excluding hydrogens is 220 g/mol. The highest BCUT2D eigenvalue weighted by atomic mass is 15.1. The molecule has 18 heavy (non-hydrogen) atoms. The second kappa shape index (κ2) is 9.80. The first-order chi connectivity index (χ1) is 8.70. The lowest BCUT2D eigenvalue weighted by Crippen LogP contribution is -2.33. The number of hydrogen-bond donors (Lipinski definition) is 1. The van der Waals surface area contributed by atoms with E-state index in [9.17, 15) is 0 Å². The van der Waals surface area contributed by atoms with Crippen LogP contribution in [-0.2, 0) is 0 Å². The van der Waals surface area contributed by atoms with E-state index >= 15 is 0 Å². The van der Waals surface area contributed by atoms with Crippen molar-refractivity contribution in [1.29, 1.82) is 0 Å². The molecule has 1 unspecified atom stereocenters. The van der Waals surface area contributed by atoms with Gasteiger partial charge in [-0.05, 0) is 64.7 Å². The summed E-state index contributed by atoms with van der Waals surface area (Å²) in [4.78, 5) is 2.72. The molecule has 0 amide bonds. The van der Waals surface area contributed by atoms with E-state index in [1.54, 1.807) is 0 Å². The Labute approximate surface area is 115 Å². The second-order valence-electron chi connectivity index (χ2n) is 6.39. The minimum Gasteiger partial charge on any atom is -0.316 e. The average Bonchev–Trinajstić information content (AvgIpc) is 2.53. The Kier molecular flexibility index (Phi) is 8.70. The minimum atomic E-state index is 0.781. The van der Waals surface area contributed by atoms with Gasteiger partial charge < -0.3 is 10.2 Å². The van der Waals surface area contributed by atoms with Gasteiger partial charge in [-0.1, -0.05) is 33.1 Å². The zero-order valence-electron chi connectivity index (χ0n) is 12.9. The lowest BCUT2D eigenvalue weighted by Gasteiger charge is -2.26. The summed E-state index contributed by atoms with van der Waals surface area (Å²) >= 11 is 0. The van der Waals surface area contributed by atoms with Crippen LogP contribution in [0, 0.1) is 5.92 Å². The topological polar surface area (TPSA) is 15.3 Å². The van der Waals surface area contributed by atoms with E-state index in [4.69, 9.17) is 0 Å². The first-order valence-electron chi connectivity index (χ1n) is 8.15. The molecule has 0 aromatic rings. The Morgan fingerprint density at radius 3 is 2.72 bits per heavy atom. The Balaban J connectivity index is 1.96. The number of likely N-dealkylation sites (tertiary alicyclic amines) is 1. The van der Waals surface area contributed by atoms with Crippen LogP contribution in [-0.4, -0.2) is 37.1 Å². The smallest absolute Gasteiger partial charge is 0.00669 e. The van der Waals surface area contributed by atoms with Crippen LogP contribution in [0.3, 0.4) is 0 Å². The Bertz CT molecular complexity index is 192. The molecule has 0 bridgehead atoms. The van der Waals surface area contributed by atoms with Crippen molar-refractivity contribution in [2.75, 3.05) is 26.2 Å². The summed E-state index contributed by atoms with van der Waals surface area (Å²) < 4.78 is 0. The number of hydrogen-bond acceptors (Lipinski definition) is 2. The Morgan fingerprint density at radius 1 is 1.11 bits per heavy atom. The molecule has 0 radical (unpaired) electrons. The zero-order valence-corrected chi connectivity index (χ0v) is 12.9. The third-order valence-electron chi connectivity index (χ3n) is 4.04. The highest BCUT2D eigenvalue weighted by Crippen LogP contribution is 2.16. The fourth-order valence-corrected chi connectivity index (χ4v) is 2.80. The van der Waals surface area contributed by atoms with E-state index in [1.807, 2.05) is 0 Å². The summed E-state index contributed by atoms with van der Waals surface area (Å²) in [5, 5.41) is 3.53. The van der Waals surface area contributed by atoms with E-state index in [0.717, 1.165) is 12.0 Å². The van der Waals surface area contributed by atoms with Gasteiger partial charge in [-0.2, -0.15) is 0 Å². The van der Waals surface area contributed by atoms with E-state index in [1.165, 1.54) is 71.1 Å². The first kappa shape index (κ1) is 16.0. The van der Waals surface area contributed by atoms with Crippen molar-refractivity contribution in [3.05, 3.63) is 0 Å². The molecule has 1 heterocycles. The van der Waals surface area contributed by atoms with Crippen LogP contribution in [0.15, 0.2) is 0 Å². The summed E-state index contributed by atoms with van der Waals surface area (Å²) in [5.41, 5.74) is 0. The molecule has 0 aromatic carbocycles. The summed E-state index contributed by atoms with van der Waals surface area (Å²) in [7, 11) is 0. The molecule has 2 nitrogen and oxygen atoms in total. The fourth-order valence-electron chi connectivity index (χ4n) is 2.80. The van der Waals surface area contributed by atoms with Gasteiger partial charge in [0.05, 0.1) is 0 Å². The molecule has 2 heteroatoms. The first-order valence-corrected chi connectivity index (χ1v) is 8.15. The zero-order chi connectivity index (χ0) is 13.2. The summed E-state index contributed by atoms with van der Waals surface area (Å²) in [5.74, 6) is 0.781. The number of nitrogens with one attached hydrogen (secondary N) is 1. The monoisotopic (exact) mass is 254 g/mol. The number of rotatable bonds is 8. The molecule has 0 saturated carbocycles. The summed E-state index contributed by atoms with van der Waals surface area (Å²) in [6, 6.07) is 0.826. The summed E-state index contributed by atoms with van der Waals surface area (Å²) in [6.07, 6.45) is 9.82. The van der Waals surface area contributed by atoms with Gasteiger partial charge in [0, 0.05) is 6.04 Å². The van der Waals surface area contributed by atoms with Gasteiger partial charge in [0.15, 0.2) is 0 Å². The van der Waals surface area contributed by atoms with Crippen LogP contribution in [0.25, 0.3) is 0 Å². The molecule has 0 aliphatic carbocycles. The highest BCUT2D eigenvalue weighted by molar-refractivity contribution is 4.71. The van der Waals surface area contributed by atoms with E-state index in [0.29, 0.717) is 0 Å². The standard InChI is InChI=1S/C16H34N2/c1-15(2)14-17-11-7-5-9-13-18-12-8-4-6-10-16(18)3/h15-17H,4-14H2,1-3H3. The van der Waals surface area contributed by atoms with Gasteiger partial charge in [0.2, 0.25) is 0 Å². The normalized spacial score (nSPS) is 22.3. The molecule has 1 fully saturated rings. The maximum atomic E-state index is 3.53. The SMILES string of the molecule is CC(C)CNCCCCCN1CCCCCC1C. The predicted octanol–water partition coefficient (Wildman–Crippen LogP) is 3.67. The molecule has 0 spiro atoms. The van der Waals surface area contributed by atoms with Crippen molar-refractivity contribution in [3.63, 3.8) is 0 Å². The van der Waals surface area contributed by atoms with Gasteiger partial charge in [-0.25, -0.2) is 0 Å². The van der Waals surface area contributed by atoms with Gasteiger partial charge in [-0.3, -0.25) is 0 Å². The van der Waals surface area contributed by atoms with Crippen molar-refractivity contribution in [3.8, 4) is 0 Å². The minimum absolute atomic E-state index is 0.781. The molecule has 1 saturated heterocycles. The number of nitrogens with zero attached hydrogens (tertiary/aromatic N) is 1. The fraction of sp³-hybridized carbons (Fsp3) is 1.00.